The number of nitrogens with one attached hydrogen (secondary N) is 2. The molecule has 0 spiro atoms. The molecule has 2 atom stereocenters. The summed E-state index contributed by atoms with van der Waals surface area (Å²) in [6, 6.07) is 11.4. The number of hydrogen-bond acceptors (Lipinski definition) is 6. The number of carbonyl (C=O) groups is 3. The molecule has 4 amide bonds. The van der Waals surface area contributed by atoms with Gasteiger partial charge in [0.2, 0.25) is 12.7 Å². The number of fused-ring (bicyclic) bond motifs is 1. The Morgan fingerprint density at radius 3 is 2.58 bits per heavy atom. The van der Waals surface area contributed by atoms with Crippen molar-refractivity contribution in [1.29, 1.82) is 0 Å². The summed E-state index contributed by atoms with van der Waals surface area (Å²) in [4.78, 5) is 39.5. The van der Waals surface area contributed by atoms with Crippen LogP contribution in [0, 0.1) is 0 Å². The maximum atomic E-state index is 13.1. The first-order chi connectivity index (χ1) is 15.8. The zero-order chi connectivity index (χ0) is 23.6. The van der Waals surface area contributed by atoms with E-state index in [-0.39, 0.29) is 13.3 Å². The van der Waals surface area contributed by atoms with Crippen LogP contribution >= 0.6 is 0 Å². The van der Waals surface area contributed by atoms with Crippen molar-refractivity contribution < 1.29 is 28.6 Å². The number of rotatable bonds is 8. The van der Waals surface area contributed by atoms with Crippen molar-refractivity contribution in [3.8, 4) is 17.2 Å². The predicted molar refractivity (Wildman–Crippen MR) is 119 cm³/mol. The summed E-state index contributed by atoms with van der Waals surface area (Å²) in [5.74, 6) is 1.20. The third-order valence-electron chi connectivity index (χ3n) is 6.04. The Balaban J connectivity index is 1.35. The first-order valence-corrected chi connectivity index (χ1v) is 10.8. The van der Waals surface area contributed by atoms with Gasteiger partial charge >= 0.3 is 6.03 Å². The quantitative estimate of drug-likeness (QED) is 0.595. The van der Waals surface area contributed by atoms with Gasteiger partial charge in [0.1, 0.15) is 17.3 Å². The van der Waals surface area contributed by atoms with E-state index < -0.39 is 29.4 Å². The van der Waals surface area contributed by atoms with Gasteiger partial charge in [0.05, 0.1) is 7.11 Å². The van der Waals surface area contributed by atoms with Gasteiger partial charge in [0.15, 0.2) is 11.5 Å². The van der Waals surface area contributed by atoms with Gasteiger partial charge in [-0.1, -0.05) is 18.2 Å². The Kier molecular flexibility index (Phi) is 6.13. The van der Waals surface area contributed by atoms with Crippen molar-refractivity contribution in [2.45, 2.75) is 44.8 Å². The second-order valence-electron chi connectivity index (χ2n) is 8.37. The fourth-order valence-electron chi connectivity index (χ4n) is 3.92. The lowest BCUT2D eigenvalue weighted by Crippen LogP contribution is -2.49. The molecule has 0 bridgehead atoms. The summed E-state index contributed by atoms with van der Waals surface area (Å²) >= 11 is 0. The topological polar surface area (TPSA) is 106 Å². The molecule has 9 heteroatoms. The minimum absolute atomic E-state index is 0.172. The van der Waals surface area contributed by atoms with Crippen LogP contribution < -0.4 is 24.8 Å². The number of ether oxygens (including phenoxy) is 3. The van der Waals surface area contributed by atoms with Crippen molar-refractivity contribution in [2.24, 2.45) is 0 Å². The van der Waals surface area contributed by atoms with Gasteiger partial charge in [-0.25, -0.2) is 9.69 Å². The Hall–Kier alpha value is -3.75. The molecule has 2 unspecified atom stereocenters. The summed E-state index contributed by atoms with van der Waals surface area (Å²) in [5, 5.41) is 5.55. The highest BCUT2D eigenvalue weighted by molar-refractivity contribution is 6.09. The molecule has 0 aliphatic carbocycles. The van der Waals surface area contributed by atoms with Gasteiger partial charge in [-0.05, 0) is 62.1 Å². The first-order valence-electron chi connectivity index (χ1n) is 10.8. The van der Waals surface area contributed by atoms with E-state index in [2.05, 4.69) is 10.6 Å². The number of urea groups is 1. The van der Waals surface area contributed by atoms with E-state index >= 15 is 0 Å². The largest absolute Gasteiger partial charge is 0.497 e. The SMILES string of the molecule is COc1ccc(CCC2(C)NC(=O)N(C(C)C(=O)NCc3ccc4c(c3)OCO4)C2=O)cc1. The van der Waals surface area contributed by atoms with Gasteiger partial charge in [-0.2, -0.15) is 0 Å². The molecule has 174 valence electrons. The van der Waals surface area contributed by atoms with Gasteiger partial charge in [-0.3, -0.25) is 9.59 Å². The molecule has 2 N–H and O–H groups in total. The van der Waals surface area contributed by atoms with E-state index in [0.29, 0.717) is 24.3 Å². The fraction of sp³-hybridized carbons (Fsp3) is 0.375. The van der Waals surface area contributed by atoms with Crippen molar-refractivity contribution in [3.05, 3.63) is 53.6 Å². The van der Waals surface area contributed by atoms with Crippen LogP contribution in [0.25, 0.3) is 0 Å². The number of aryl methyl sites for hydroxylation is 1. The number of carbonyl (C=O) groups excluding carboxylic acids is 3. The monoisotopic (exact) mass is 453 g/mol. The molecule has 4 rings (SSSR count). The first kappa shape index (κ1) is 22.4. The molecule has 9 nitrogen and oxygen atoms in total. The van der Waals surface area contributed by atoms with Crippen LogP contribution in [0.4, 0.5) is 4.79 Å². The number of hydrogen-bond donors (Lipinski definition) is 2. The molecule has 2 aromatic rings. The lowest BCUT2D eigenvalue weighted by atomic mass is 9.93. The zero-order valence-electron chi connectivity index (χ0n) is 18.8. The van der Waals surface area contributed by atoms with E-state index in [0.717, 1.165) is 21.8 Å². The normalized spacial score (nSPS) is 19.9. The van der Waals surface area contributed by atoms with Crippen LogP contribution in [0.15, 0.2) is 42.5 Å². The lowest BCUT2D eigenvalue weighted by molar-refractivity contribution is -0.137. The van der Waals surface area contributed by atoms with E-state index in [1.165, 1.54) is 0 Å². The third-order valence-corrected chi connectivity index (χ3v) is 6.04. The van der Waals surface area contributed by atoms with Crippen molar-refractivity contribution in [2.75, 3.05) is 13.9 Å². The molecule has 0 saturated carbocycles. The van der Waals surface area contributed by atoms with Gasteiger partial charge in [-0.15, -0.1) is 0 Å². The van der Waals surface area contributed by atoms with E-state index in [1.54, 1.807) is 33.1 Å². The Labute approximate surface area is 192 Å². The van der Waals surface area contributed by atoms with Crippen molar-refractivity contribution in [3.63, 3.8) is 0 Å². The van der Waals surface area contributed by atoms with E-state index in [1.807, 2.05) is 30.3 Å². The highest BCUT2D eigenvalue weighted by Gasteiger charge is 2.50. The third kappa shape index (κ3) is 4.57. The average Bonchev–Trinajstić information content (AvgIpc) is 3.37. The molecular weight excluding hydrogens is 426 g/mol. The van der Waals surface area contributed by atoms with Gasteiger partial charge < -0.3 is 24.8 Å². The van der Waals surface area contributed by atoms with Crippen LogP contribution in [0.1, 0.15) is 31.4 Å². The number of amides is 4. The van der Waals surface area contributed by atoms with Gasteiger partial charge in [0, 0.05) is 6.54 Å². The Morgan fingerprint density at radius 1 is 1.15 bits per heavy atom. The molecular formula is C24H27N3O6. The summed E-state index contributed by atoms with van der Waals surface area (Å²) < 4.78 is 15.8. The standard InChI is InChI=1S/C24H27N3O6/c1-15(21(28)25-13-17-6-9-19-20(12-17)33-14-32-19)27-22(29)24(2,26-23(27)30)11-10-16-4-7-18(31-3)8-5-16/h4-9,12,15H,10-11,13-14H2,1-3H3,(H,25,28)(H,26,30). The molecule has 2 heterocycles. The smallest absolute Gasteiger partial charge is 0.325 e. The molecule has 1 fully saturated rings. The van der Waals surface area contributed by atoms with Crippen LogP contribution in [-0.4, -0.2) is 48.2 Å². The molecule has 33 heavy (non-hydrogen) atoms. The summed E-state index contributed by atoms with van der Waals surface area (Å²) in [7, 11) is 1.60. The molecule has 0 radical (unpaired) electrons. The van der Waals surface area contributed by atoms with Crippen LogP contribution in [-0.2, 0) is 22.6 Å². The molecule has 2 aliphatic heterocycles. The highest BCUT2D eigenvalue weighted by Crippen LogP contribution is 2.32. The summed E-state index contributed by atoms with van der Waals surface area (Å²) in [6.45, 7) is 3.64. The van der Waals surface area contributed by atoms with E-state index in [4.69, 9.17) is 14.2 Å². The Bertz CT molecular complexity index is 1070. The van der Waals surface area contributed by atoms with Crippen LogP contribution in [0.5, 0.6) is 17.2 Å². The maximum absolute atomic E-state index is 13.1. The Morgan fingerprint density at radius 2 is 1.85 bits per heavy atom. The number of nitrogens with zero attached hydrogens (tertiary/aromatic N) is 1. The fourth-order valence-corrected chi connectivity index (χ4v) is 3.92. The lowest BCUT2D eigenvalue weighted by Gasteiger charge is -2.24. The van der Waals surface area contributed by atoms with Crippen LogP contribution in [0.2, 0.25) is 0 Å². The number of imide groups is 1. The maximum Gasteiger partial charge on any atom is 0.325 e. The van der Waals surface area contributed by atoms with E-state index in [9.17, 15) is 14.4 Å². The van der Waals surface area contributed by atoms with Crippen LogP contribution in [0.3, 0.4) is 0 Å². The minimum atomic E-state index is -1.08. The molecule has 2 aliphatic rings. The minimum Gasteiger partial charge on any atom is -0.497 e. The average molecular weight is 453 g/mol. The highest BCUT2D eigenvalue weighted by atomic mass is 16.7. The zero-order valence-corrected chi connectivity index (χ0v) is 18.8. The molecule has 2 aromatic carbocycles. The second-order valence-corrected chi connectivity index (χ2v) is 8.37. The molecule has 1 saturated heterocycles. The second kappa shape index (κ2) is 9.01. The number of benzene rings is 2. The summed E-state index contributed by atoms with van der Waals surface area (Å²) in [6.07, 6.45) is 0.997. The van der Waals surface area contributed by atoms with Gasteiger partial charge in [0.25, 0.3) is 5.91 Å². The predicted octanol–water partition coefficient (Wildman–Crippen LogP) is 2.37. The summed E-state index contributed by atoms with van der Waals surface area (Å²) in [5.41, 5.74) is 0.761. The number of methoxy groups -OCH3 is 1. The van der Waals surface area contributed by atoms with Crippen molar-refractivity contribution >= 4 is 17.8 Å². The van der Waals surface area contributed by atoms with Crippen molar-refractivity contribution in [1.82, 2.24) is 15.5 Å². The molecule has 0 aromatic heterocycles.